The Kier molecular flexibility index (Phi) is 4.76. The second kappa shape index (κ2) is 6.34. The van der Waals surface area contributed by atoms with Crippen LogP contribution in [0.25, 0.3) is 0 Å². The van der Waals surface area contributed by atoms with Gasteiger partial charge in [0.2, 0.25) is 0 Å². The summed E-state index contributed by atoms with van der Waals surface area (Å²) in [5.41, 5.74) is 1.11. The summed E-state index contributed by atoms with van der Waals surface area (Å²) in [5.74, 6) is 0.128. The Balaban J connectivity index is 1.92. The van der Waals surface area contributed by atoms with Crippen molar-refractivity contribution in [3.63, 3.8) is 0 Å². The summed E-state index contributed by atoms with van der Waals surface area (Å²) in [6.07, 6.45) is 4.90. The topological polar surface area (TPSA) is 59.5 Å². The fourth-order valence-electron chi connectivity index (χ4n) is 2.39. The van der Waals surface area contributed by atoms with E-state index < -0.39 is 9.84 Å². The first-order valence-electron chi connectivity index (χ1n) is 6.49. The Morgan fingerprint density at radius 2 is 1.95 bits per heavy atom. The van der Waals surface area contributed by atoms with E-state index in [1.165, 1.54) is 7.11 Å². The molecule has 1 aromatic heterocycles. The minimum absolute atomic E-state index is 0.128. The Hall–Kier alpha value is -1.14. The van der Waals surface area contributed by atoms with Crippen LogP contribution >= 0.6 is 0 Å². The molecule has 106 valence electrons. The van der Waals surface area contributed by atoms with E-state index in [-0.39, 0.29) is 17.6 Å². The number of sulfone groups is 1. The van der Waals surface area contributed by atoms with Crippen molar-refractivity contribution in [2.45, 2.75) is 18.1 Å². The van der Waals surface area contributed by atoms with E-state index in [0.717, 1.165) is 18.8 Å². The normalized spacial score (nSPS) is 17.6. The fraction of sp³-hybridized carbons (Fsp3) is 0.615. The first-order valence-corrected chi connectivity index (χ1v) is 8.20. The lowest BCUT2D eigenvalue weighted by molar-refractivity contribution is 0.216. The van der Waals surface area contributed by atoms with Gasteiger partial charge in [0, 0.05) is 38.3 Å². The van der Waals surface area contributed by atoms with Gasteiger partial charge in [-0.1, -0.05) is 0 Å². The van der Waals surface area contributed by atoms with Crippen LogP contribution in [-0.2, 0) is 14.6 Å². The molecule has 0 spiro atoms. The van der Waals surface area contributed by atoms with Gasteiger partial charge in [0.15, 0.2) is 9.84 Å². The Morgan fingerprint density at radius 1 is 1.32 bits per heavy atom. The van der Waals surface area contributed by atoms with Crippen LogP contribution < -0.4 is 4.90 Å². The van der Waals surface area contributed by atoms with Crippen LogP contribution in [0.15, 0.2) is 24.5 Å². The quantitative estimate of drug-likeness (QED) is 0.810. The molecule has 5 nitrogen and oxygen atoms in total. The molecule has 1 aliphatic heterocycles. The fourth-order valence-corrected chi connectivity index (χ4v) is 4.06. The van der Waals surface area contributed by atoms with Crippen molar-refractivity contribution in [3.8, 4) is 0 Å². The van der Waals surface area contributed by atoms with Gasteiger partial charge in [0.1, 0.15) is 0 Å². The maximum atomic E-state index is 12.1. The molecular weight excluding hydrogens is 264 g/mol. The highest BCUT2D eigenvalue weighted by molar-refractivity contribution is 7.92. The van der Waals surface area contributed by atoms with Crippen LogP contribution in [0.5, 0.6) is 0 Å². The van der Waals surface area contributed by atoms with E-state index in [1.807, 2.05) is 12.1 Å². The van der Waals surface area contributed by atoms with Crippen LogP contribution in [0.3, 0.4) is 0 Å². The van der Waals surface area contributed by atoms with Crippen molar-refractivity contribution in [3.05, 3.63) is 24.5 Å². The second-order valence-corrected chi connectivity index (χ2v) is 7.15. The maximum absolute atomic E-state index is 12.1. The minimum Gasteiger partial charge on any atom is -0.384 e. The molecule has 0 atom stereocenters. The molecule has 0 radical (unpaired) electrons. The van der Waals surface area contributed by atoms with Crippen molar-refractivity contribution in [1.29, 1.82) is 0 Å². The SMILES string of the molecule is COCCS(=O)(=O)C1CCN(c2ccncc2)CC1. The average Bonchev–Trinajstić information content (AvgIpc) is 2.46. The molecule has 1 saturated heterocycles. The molecule has 6 heteroatoms. The van der Waals surface area contributed by atoms with Crippen molar-refractivity contribution >= 4 is 15.5 Å². The molecule has 0 saturated carbocycles. The number of anilines is 1. The molecule has 19 heavy (non-hydrogen) atoms. The van der Waals surface area contributed by atoms with Crippen LogP contribution in [0.4, 0.5) is 5.69 Å². The first-order chi connectivity index (χ1) is 9.13. The van der Waals surface area contributed by atoms with Gasteiger partial charge >= 0.3 is 0 Å². The predicted molar refractivity (Wildman–Crippen MR) is 75.1 cm³/mol. The third kappa shape index (κ3) is 3.67. The summed E-state index contributed by atoms with van der Waals surface area (Å²) >= 11 is 0. The van der Waals surface area contributed by atoms with Gasteiger partial charge in [-0.3, -0.25) is 4.98 Å². The molecule has 0 aromatic carbocycles. The largest absolute Gasteiger partial charge is 0.384 e. The molecule has 0 N–H and O–H groups in total. The summed E-state index contributed by atoms with van der Waals surface area (Å²) in [7, 11) is -1.49. The third-order valence-electron chi connectivity index (χ3n) is 3.55. The lowest BCUT2D eigenvalue weighted by atomic mass is 10.1. The summed E-state index contributed by atoms with van der Waals surface area (Å²) in [6.45, 7) is 1.84. The van der Waals surface area contributed by atoms with Crippen LogP contribution in [0.1, 0.15) is 12.8 Å². The summed E-state index contributed by atoms with van der Waals surface area (Å²) in [6, 6.07) is 3.92. The van der Waals surface area contributed by atoms with Gasteiger partial charge in [-0.2, -0.15) is 0 Å². The Bertz CT molecular complexity index is 482. The highest BCUT2D eigenvalue weighted by Crippen LogP contribution is 2.23. The van der Waals surface area contributed by atoms with Gasteiger partial charge in [-0.15, -0.1) is 0 Å². The van der Waals surface area contributed by atoms with Gasteiger partial charge < -0.3 is 9.64 Å². The summed E-state index contributed by atoms with van der Waals surface area (Å²) in [5, 5.41) is -0.222. The van der Waals surface area contributed by atoms with Crippen molar-refractivity contribution in [2.75, 3.05) is 37.5 Å². The van der Waals surface area contributed by atoms with E-state index >= 15 is 0 Å². The monoisotopic (exact) mass is 284 g/mol. The minimum atomic E-state index is -3.02. The number of aromatic nitrogens is 1. The first kappa shape index (κ1) is 14.3. The zero-order valence-electron chi connectivity index (χ0n) is 11.2. The molecule has 2 rings (SSSR count). The van der Waals surface area contributed by atoms with E-state index in [9.17, 15) is 8.42 Å². The number of hydrogen-bond donors (Lipinski definition) is 0. The molecule has 0 unspecified atom stereocenters. The van der Waals surface area contributed by atoms with Gasteiger partial charge in [-0.25, -0.2) is 8.42 Å². The lowest BCUT2D eigenvalue weighted by Crippen LogP contribution is -2.40. The number of ether oxygens (including phenoxy) is 1. The molecule has 1 aromatic rings. The van der Waals surface area contributed by atoms with Crippen molar-refractivity contribution in [2.24, 2.45) is 0 Å². The third-order valence-corrected chi connectivity index (χ3v) is 5.77. The number of methoxy groups -OCH3 is 1. The van der Waals surface area contributed by atoms with E-state index in [0.29, 0.717) is 12.8 Å². The van der Waals surface area contributed by atoms with Crippen molar-refractivity contribution < 1.29 is 13.2 Å². The maximum Gasteiger partial charge on any atom is 0.155 e. The van der Waals surface area contributed by atoms with Crippen LogP contribution in [0.2, 0.25) is 0 Å². The van der Waals surface area contributed by atoms with Crippen molar-refractivity contribution in [1.82, 2.24) is 4.98 Å². The number of rotatable bonds is 5. The van der Waals surface area contributed by atoms with Crippen LogP contribution in [-0.4, -0.2) is 51.2 Å². The van der Waals surface area contributed by atoms with Crippen LogP contribution in [0, 0.1) is 0 Å². The predicted octanol–water partition coefficient (Wildman–Crippen LogP) is 1.11. The Labute approximate surface area is 114 Å². The number of nitrogens with zero attached hydrogens (tertiary/aromatic N) is 2. The van der Waals surface area contributed by atoms with E-state index in [2.05, 4.69) is 9.88 Å². The molecule has 0 bridgehead atoms. The van der Waals surface area contributed by atoms with E-state index in [4.69, 9.17) is 4.74 Å². The molecule has 0 aliphatic carbocycles. The van der Waals surface area contributed by atoms with E-state index in [1.54, 1.807) is 12.4 Å². The van der Waals surface area contributed by atoms with Gasteiger partial charge in [0.05, 0.1) is 17.6 Å². The number of pyridine rings is 1. The molecular formula is C13H20N2O3S. The molecule has 2 heterocycles. The zero-order valence-corrected chi connectivity index (χ0v) is 12.0. The second-order valence-electron chi connectivity index (χ2n) is 4.75. The molecule has 1 aliphatic rings. The highest BCUT2D eigenvalue weighted by Gasteiger charge is 2.29. The average molecular weight is 284 g/mol. The zero-order chi connectivity index (χ0) is 13.7. The van der Waals surface area contributed by atoms with Gasteiger partial charge in [-0.05, 0) is 25.0 Å². The van der Waals surface area contributed by atoms with Gasteiger partial charge in [0.25, 0.3) is 0 Å². The highest BCUT2D eigenvalue weighted by atomic mass is 32.2. The number of piperidine rings is 1. The number of hydrogen-bond acceptors (Lipinski definition) is 5. The summed E-state index contributed by atoms with van der Waals surface area (Å²) in [4.78, 5) is 6.20. The standard InChI is InChI=1S/C13H20N2O3S/c1-18-10-11-19(16,17)13-4-8-15(9-5-13)12-2-6-14-7-3-12/h2-3,6-7,13H,4-5,8-11H2,1H3. The molecule has 0 amide bonds. The lowest BCUT2D eigenvalue weighted by Gasteiger charge is -2.33. The Morgan fingerprint density at radius 3 is 2.53 bits per heavy atom. The summed E-state index contributed by atoms with van der Waals surface area (Å²) < 4.78 is 29.0. The molecule has 1 fully saturated rings. The smallest absolute Gasteiger partial charge is 0.155 e.